The van der Waals surface area contributed by atoms with Gasteiger partial charge in [0.1, 0.15) is 0 Å². The molecule has 1 amide bonds. The number of carbonyl (C=O) groups is 1. The van der Waals surface area contributed by atoms with Gasteiger partial charge in [-0.15, -0.1) is 0 Å². The van der Waals surface area contributed by atoms with Crippen molar-refractivity contribution < 1.29 is 4.79 Å². The minimum Gasteiger partial charge on any atom is -0.350 e. The van der Waals surface area contributed by atoms with E-state index in [0.717, 1.165) is 10.1 Å². The third kappa shape index (κ3) is 3.86. The average molecular weight is 407 g/mol. The van der Waals surface area contributed by atoms with Crippen LogP contribution in [0.3, 0.4) is 0 Å². The molecule has 1 aromatic carbocycles. The Kier molecular flexibility index (Phi) is 5.31. The van der Waals surface area contributed by atoms with Gasteiger partial charge in [-0.25, -0.2) is 0 Å². The van der Waals surface area contributed by atoms with Crippen molar-refractivity contribution in [2.45, 2.75) is 32.7 Å². The van der Waals surface area contributed by atoms with Crippen LogP contribution in [0.15, 0.2) is 18.2 Å². The van der Waals surface area contributed by atoms with Crippen molar-refractivity contribution in [1.29, 1.82) is 0 Å². The van der Waals surface area contributed by atoms with Gasteiger partial charge in [-0.3, -0.25) is 4.79 Å². The maximum atomic E-state index is 12.2. The number of carbonyl (C=O) groups excluding carboxylic acids is 1. The van der Waals surface area contributed by atoms with Crippen LogP contribution >= 0.6 is 34.2 Å². The van der Waals surface area contributed by atoms with Gasteiger partial charge in [0.25, 0.3) is 5.91 Å². The first-order valence-corrected chi connectivity index (χ1v) is 8.32. The molecule has 1 aromatic rings. The Morgan fingerprint density at radius 1 is 1.55 bits per heavy atom. The third-order valence-electron chi connectivity index (χ3n) is 3.98. The zero-order valence-electron chi connectivity index (χ0n) is 11.8. The maximum absolute atomic E-state index is 12.2. The lowest BCUT2D eigenvalue weighted by Gasteiger charge is -2.39. The Labute approximate surface area is 139 Å². The van der Waals surface area contributed by atoms with Crippen molar-refractivity contribution in [2.24, 2.45) is 5.41 Å². The Bertz CT molecular complexity index is 505. The lowest BCUT2D eigenvalue weighted by atomic mass is 9.77. The number of amides is 1. The number of halogens is 2. The van der Waals surface area contributed by atoms with Gasteiger partial charge in [0.2, 0.25) is 0 Å². The smallest absolute Gasteiger partial charge is 0.251 e. The zero-order valence-corrected chi connectivity index (χ0v) is 14.7. The van der Waals surface area contributed by atoms with E-state index in [9.17, 15) is 4.79 Å². The predicted octanol–water partition coefficient (Wildman–Crippen LogP) is 3.45. The fourth-order valence-corrected chi connectivity index (χ4v) is 3.07. The van der Waals surface area contributed by atoms with Gasteiger partial charge >= 0.3 is 0 Å². The predicted molar refractivity (Wildman–Crippen MR) is 91.3 cm³/mol. The Balaban J connectivity index is 1.96. The minimum atomic E-state index is -0.0635. The first-order chi connectivity index (χ1) is 9.40. The first kappa shape index (κ1) is 16.0. The summed E-state index contributed by atoms with van der Waals surface area (Å²) >= 11 is 8.20. The van der Waals surface area contributed by atoms with Crippen molar-refractivity contribution in [1.82, 2.24) is 10.6 Å². The van der Waals surface area contributed by atoms with Crippen LogP contribution in [-0.2, 0) is 0 Å². The molecule has 20 heavy (non-hydrogen) atoms. The molecule has 0 aliphatic carbocycles. The van der Waals surface area contributed by atoms with Gasteiger partial charge in [-0.2, -0.15) is 0 Å². The number of rotatable bonds is 3. The van der Waals surface area contributed by atoms with E-state index in [4.69, 9.17) is 11.6 Å². The fraction of sp³-hybridized carbons (Fsp3) is 0.533. The lowest BCUT2D eigenvalue weighted by molar-refractivity contribution is 0.0929. The lowest BCUT2D eigenvalue weighted by Crippen LogP contribution is -2.52. The average Bonchev–Trinajstić information content (AvgIpc) is 2.40. The van der Waals surface area contributed by atoms with Gasteiger partial charge in [0.05, 0.1) is 5.02 Å². The number of hydrogen-bond donors (Lipinski definition) is 2. The molecular weight excluding hydrogens is 387 g/mol. The van der Waals surface area contributed by atoms with E-state index in [1.54, 1.807) is 6.07 Å². The maximum Gasteiger partial charge on any atom is 0.251 e. The van der Waals surface area contributed by atoms with Crippen LogP contribution in [0, 0.1) is 8.99 Å². The normalized spacial score (nSPS) is 21.5. The highest BCUT2D eigenvalue weighted by molar-refractivity contribution is 14.1. The monoisotopic (exact) mass is 406 g/mol. The molecule has 0 bridgehead atoms. The van der Waals surface area contributed by atoms with Crippen LogP contribution in [0.25, 0.3) is 0 Å². The summed E-state index contributed by atoms with van der Waals surface area (Å²) in [7, 11) is 0. The van der Waals surface area contributed by atoms with Gasteiger partial charge in [-0.05, 0) is 65.6 Å². The highest BCUT2D eigenvalue weighted by atomic mass is 127. The molecule has 1 aliphatic rings. The molecule has 1 aliphatic heterocycles. The highest BCUT2D eigenvalue weighted by Gasteiger charge is 2.31. The van der Waals surface area contributed by atoms with Crippen molar-refractivity contribution >= 4 is 40.1 Å². The molecule has 1 atom stereocenters. The van der Waals surface area contributed by atoms with Crippen molar-refractivity contribution in [3.63, 3.8) is 0 Å². The van der Waals surface area contributed by atoms with Crippen LogP contribution in [0.1, 0.15) is 37.0 Å². The second kappa shape index (κ2) is 6.62. The van der Waals surface area contributed by atoms with Crippen molar-refractivity contribution in [3.05, 3.63) is 32.4 Å². The summed E-state index contributed by atoms with van der Waals surface area (Å²) in [5.41, 5.74) is 0.832. The number of nitrogens with one attached hydrogen (secondary N) is 2. The summed E-state index contributed by atoms with van der Waals surface area (Å²) in [6, 6.07) is 5.71. The largest absolute Gasteiger partial charge is 0.350 e. The van der Waals surface area contributed by atoms with E-state index in [1.807, 2.05) is 12.1 Å². The molecule has 0 saturated carbocycles. The molecule has 0 radical (unpaired) electrons. The molecule has 1 unspecified atom stereocenters. The number of piperidine rings is 1. The summed E-state index contributed by atoms with van der Waals surface area (Å²) in [4.78, 5) is 12.2. The second-order valence-electron chi connectivity index (χ2n) is 5.94. The van der Waals surface area contributed by atoms with Gasteiger partial charge in [0.15, 0.2) is 0 Å². The molecule has 110 valence electrons. The molecule has 2 N–H and O–H groups in total. The summed E-state index contributed by atoms with van der Waals surface area (Å²) < 4.78 is 0.955. The quantitative estimate of drug-likeness (QED) is 0.755. The number of hydrogen-bond acceptors (Lipinski definition) is 2. The molecule has 5 heteroatoms. The second-order valence-corrected chi connectivity index (χ2v) is 7.51. The molecule has 0 spiro atoms. The molecule has 3 nitrogen and oxygen atoms in total. The van der Waals surface area contributed by atoms with Crippen LogP contribution < -0.4 is 10.6 Å². The van der Waals surface area contributed by atoms with E-state index in [2.05, 4.69) is 47.1 Å². The van der Waals surface area contributed by atoms with Crippen molar-refractivity contribution in [3.8, 4) is 0 Å². The zero-order chi connectivity index (χ0) is 14.8. The highest BCUT2D eigenvalue weighted by Crippen LogP contribution is 2.29. The summed E-state index contributed by atoms with van der Waals surface area (Å²) in [5, 5.41) is 7.12. The minimum absolute atomic E-state index is 0.0635. The standard InChI is InChI=1S/C15H20ClIN2O/c1-15(2)6-3-7-18-13(15)9-19-14(20)10-4-5-12(17)11(16)8-10/h4-5,8,13,18H,3,6-7,9H2,1-2H3,(H,19,20). The SMILES string of the molecule is CC1(C)CCCNC1CNC(=O)c1ccc(I)c(Cl)c1. The molecule has 2 rings (SSSR count). The van der Waals surface area contributed by atoms with E-state index in [-0.39, 0.29) is 11.3 Å². The van der Waals surface area contributed by atoms with E-state index in [0.29, 0.717) is 23.2 Å². The molecule has 0 aromatic heterocycles. The van der Waals surface area contributed by atoms with E-state index < -0.39 is 0 Å². The van der Waals surface area contributed by atoms with Gasteiger partial charge in [0, 0.05) is 21.7 Å². The van der Waals surface area contributed by atoms with Crippen LogP contribution in [0.5, 0.6) is 0 Å². The van der Waals surface area contributed by atoms with Gasteiger partial charge in [-0.1, -0.05) is 25.4 Å². The molecule has 1 saturated heterocycles. The molecule has 1 fully saturated rings. The topological polar surface area (TPSA) is 41.1 Å². The summed E-state index contributed by atoms with van der Waals surface area (Å²) in [6.45, 7) is 6.17. The Morgan fingerprint density at radius 2 is 2.30 bits per heavy atom. The number of benzene rings is 1. The summed E-state index contributed by atoms with van der Waals surface area (Å²) in [6.07, 6.45) is 2.39. The van der Waals surface area contributed by atoms with Crippen LogP contribution in [-0.4, -0.2) is 25.0 Å². The Morgan fingerprint density at radius 3 is 2.95 bits per heavy atom. The van der Waals surface area contributed by atoms with Crippen LogP contribution in [0.2, 0.25) is 5.02 Å². The van der Waals surface area contributed by atoms with Crippen molar-refractivity contribution in [2.75, 3.05) is 13.1 Å². The van der Waals surface area contributed by atoms with E-state index >= 15 is 0 Å². The first-order valence-electron chi connectivity index (χ1n) is 6.87. The molecular formula is C15H20ClIN2O. The van der Waals surface area contributed by atoms with Crippen LogP contribution in [0.4, 0.5) is 0 Å². The van der Waals surface area contributed by atoms with Gasteiger partial charge < -0.3 is 10.6 Å². The fourth-order valence-electron chi connectivity index (χ4n) is 2.55. The van der Waals surface area contributed by atoms with E-state index in [1.165, 1.54) is 12.8 Å². The molecule has 1 heterocycles. The summed E-state index contributed by atoms with van der Waals surface area (Å²) in [5.74, 6) is -0.0635. The third-order valence-corrected chi connectivity index (χ3v) is 5.55. The Hall–Kier alpha value is -0.330.